The number of carbonyl (C=O) groups excluding carboxylic acids is 1. The van der Waals surface area contributed by atoms with Crippen molar-refractivity contribution < 1.29 is 13.9 Å². The zero-order chi connectivity index (χ0) is 25.7. The lowest BCUT2D eigenvalue weighted by molar-refractivity contribution is 0.146. The Morgan fingerprint density at radius 2 is 1.94 bits per heavy atom. The van der Waals surface area contributed by atoms with Gasteiger partial charge < -0.3 is 24.4 Å². The van der Waals surface area contributed by atoms with Crippen LogP contribution in [0.1, 0.15) is 36.2 Å². The number of aromatic nitrogens is 2. The van der Waals surface area contributed by atoms with Crippen LogP contribution in [0.3, 0.4) is 0 Å². The van der Waals surface area contributed by atoms with Crippen molar-refractivity contribution in [3.63, 3.8) is 0 Å². The molecule has 0 bridgehead atoms. The lowest BCUT2D eigenvalue weighted by Gasteiger charge is -2.21. The number of nitrogens with one attached hydrogen (secondary N) is 2. The van der Waals surface area contributed by atoms with Crippen LogP contribution in [0.25, 0.3) is 22.2 Å². The third-order valence-corrected chi connectivity index (χ3v) is 6.45. The summed E-state index contributed by atoms with van der Waals surface area (Å²) in [5.74, 6) is 0. The molecular weight excluding hydrogens is 456 g/mol. The maximum atomic E-state index is 12.7. The quantitative estimate of drug-likeness (QED) is 0.317. The van der Waals surface area contributed by atoms with E-state index in [9.17, 15) is 9.59 Å². The number of hydrogen-bond acceptors (Lipinski definition) is 6. The molecule has 2 N–H and O–H groups in total. The van der Waals surface area contributed by atoms with Crippen molar-refractivity contribution in [2.75, 3.05) is 24.6 Å². The Kier molecular flexibility index (Phi) is 7.73. The van der Waals surface area contributed by atoms with Gasteiger partial charge in [0.05, 0.1) is 18.6 Å². The molecule has 4 rings (SSSR count). The Balaban J connectivity index is 1.36. The van der Waals surface area contributed by atoms with Crippen LogP contribution in [-0.4, -0.2) is 35.8 Å². The van der Waals surface area contributed by atoms with E-state index in [4.69, 9.17) is 9.15 Å². The number of amides is 1. The molecular formula is C28H32N4O4. The molecule has 2 heterocycles. The summed E-state index contributed by atoms with van der Waals surface area (Å²) < 4.78 is 11.0. The Labute approximate surface area is 210 Å². The third-order valence-electron chi connectivity index (χ3n) is 6.45. The standard InChI is InChI=1S/C28H32N4O4/c1-5-32(6-2)22-10-11-23-18(3)24(27(33)36-25(23)15-22)12-13-35-28(34)29-16-20-8-7-9-21(14-20)26-19(4)30-17-31-26/h7-11,14-15,17H,5-6,12-13,16H2,1-4H3,(H,29,34)(H,30,31). The Hall–Kier alpha value is -4.07. The second-order valence-electron chi connectivity index (χ2n) is 8.66. The highest BCUT2D eigenvalue weighted by atomic mass is 16.5. The maximum Gasteiger partial charge on any atom is 0.407 e. The first kappa shape index (κ1) is 25.0. The molecule has 2 aromatic carbocycles. The number of aromatic amines is 1. The van der Waals surface area contributed by atoms with Gasteiger partial charge in [0, 0.05) is 60.0 Å². The minimum absolute atomic E-state index is 0.0764. The molecule has 0 aliphatic rings. The van der Waals surface area contributed by atoms with Crippen LogP contribution in [0.5, 0.6) is 0 Å². The summed E-state index contributed by atoms with van der Waals surface area (Å²) in [7, 11) is 0. The Morgan fingerprint density at radius 3 is 2.67 bits per heavy atom. The smallest absolute Gasteiger partial charge is 0.407 e. The van der Waals surface area contributed by atoms with Gasteiger partial charge in [-0.15, -0.1) is 0 Å². The molecule has 0 radical (unpaired) electrons. The summed E-state index contributed by atoms with van der Waals surface area (Å²) >= 11 is 0. The lowest BCUT2D eigenvalue weighted by Crippen LogP contribution is -2.25. The average molecular weight is 489 g/mol. The number of nitrogens with zero attached hydrogens (tertiary/aromatic N) is 2. The van der Waals surface area contributed by atoms with Crippen LogP contribution < -0.4 is 15.8 Å². The van der Waals surface area contributed by atoms with E-state index in [1.165, 1.54) is 0 Å². The summed E-state index contributed by atoms with van der Waals surface area (Å²) in [5, 5.41) is 3.65. The predicted octanol–water partition coefficient (Wildman–Crippen LogP) is 5.12. The van der Waals surface area contributed by atoms with E-state index in [2.05, 4.69) is 34.0 Å². The van der Waals surface area contributed by atoms with Gasteiger partial charge in [0.1, 0.15) is 5.58 Å². The number of alkyl carbamates (subject to hydrolysis) is 1. The first-order valence-electron chi connectivity index (χ1n) is 12.2. The fourth-order valence-corrected chi connectivity index (χ4v) is 4.41. The van der Waals surface area contributed by atoms with E-state index in [1.54, 1.807) is 6.33 Å². The monoisotopic (exact) mass is 488 g/mol. The van der Waals surface area contributed by atoms with Crippen molar-refractivity contribution >= 4 is 22.7 Å². The van der Waals surface area contributed by atoms with E-state index in [0.717, 1.165) is 52.2 Å². The normalized spacial score (nSPS) is 11.0. The van der Waals surface area contributed by atoms with E-state index in [-0.39, 0.29) is 13.0 Å². The highest BCUT2D eigenvalue weighted by Gasteiger charge is 2.14. The SMILES string of the molecule is CCN(CC)c1ccc2c(C)c(CCOC(=O)NCc3cccc(-c4nc[nH]c4C)c3)c(=O)oc2c1. The van der Waals surface area contributed by atoms with Crippen LogP contribution in [-0.2, 0) is 17.7 Å². The second-order valence-corrected chi connectivity index (χ2v) is 8.66. The minimum atomic E-state index is -0.539. The van der Waals surface area contributed by atoms with Gasteiger partial charge in [-0.05, 0) is 57.0 Å². The molecule has 0 aliphatic carbocycles. The van der Waals surface area contributed by atoms with Crippen LogP contribution in [0.2, 0.25) is 0 Å². The van der Waals surface area contributed by atoms with E-state index in [1.807, 2.05) is 56.3 Å². The summed E-state index contributed by atoms with van der Waals surface area (Å²) in [4.78, 5) is 34.5. The van der Waals surface area contributed by atoms with Gasteiger partial charge in [0.2, 0.25) is 0 Å². The van der Waals surface area contributed by atoms with Gasteiger partial charge in [0.15, 0.2) is 0 Å². The number of carbonyl (C=O) groups is 1. The molecule has 8 nitrogen and oxygen atoms in total. The molecule has 0 saturated carbocycles. The molecule has 4 aromatic rings. The van der Waals surface area contributed by atoms with Crippen molar-refractivity contribution in [3.8, 4) is 11.3 Å². The zero-order valence-electron chi connectivity index (χ0n) is 21.2. The molecule has 188 valence electrons. The van der Waals surface area contributed by atoms with Crippen LogP contribution >= 0.6 is 0 Å². The number of rotatable bonds is 9. The second kappa shape index (κ2) is 11.1. The van der Waals surface area contributed by atoms with Crippen LogP contribution in [0.4, 0.5) is 10.5 Å². The Bertz CT molecular complexity index is 1420. The first-order valence-corrected chi connectivity index (χ1v) is 12.2. The highest BCUT2D eigenvalue weighted by molar-refractivity contribution is 5.84. The highest BCUT2D eigenvalue weighted by Crippen LogP contribution is 2.25. The van der Waals surface area contributed by atoms with Crippen molar-refractivity contribution in [2.45, 2.75) is 40.7 Å². The molecule has 0 spiro atoms. The van der Waals surface area contributed by atoms with Gasteiger partial charge in [-0.1, -0.05) is 18.2 Å². The fourth-order valence-electron chi connectivity index (χ4n) is 4.41. The number of H-pyrrole nitrogens is 1. The summed E-state index contributed by atoms with van der Waals surface area (Å²) in [6.45, 7) is 10.2. The van der Waals surface area contributed by atoms with Gasteiger partial charge in [-0.2, -0.15) is 0 Å². The molecule has 0 saturated heterocycles. The molecule has 0 fully saturated rings. The molecule has 36 heavy (non-hydrogen) atoms. The molecule has 0 unspecified atom stereocenters. The number of aryl methyl sites for hydroxylation is 2. The minimum Gasteiger partial charge on any atom is -0.449 e. The van der Waals surface area contributed by atoms with Gasteiger partial charge >= 0.3 is 11.7 Å². The number of anilines is 1. The number of ether oxygens (including phenoxy) is 1. The zero-order valence-corrected chi connectivity index (χ0v) is 21.2. The van der Waals surface area contributed by atoms with E-state index in [0.29, 0.717) is 17.7 Å². The summed E-state index contributed by atoms with van der Waals surface area (Å²) in [6, 6.07) is 13.8. The van der Waals surface area contributed by atoms with Gasteiger partial charge in [-0.3, -0.25) is 0 Å². The third kappa shape index (κ3) is 5.43. The van der Waals surface area contributed by atoms with Gasteiger partial charge in [-0.25, -0.2) is 14.6 Å². The fraction of sp³-hybridized carbons (Fsp3) is 0.321. The summed E-state index contributed by atoms with van der Waals surface area (Å²) in [5.41, 5.74) is 6.34. The summed E-state index contributed by atoms with van der Waals surface area (Å²) in [6.07, 6.45) is 1.40. The number of hydrogen-bond donors (Lipinski definition) is 2. The predicted molar refractivity (Wildman–Crippen MR) is 141 cm³/mol. The molecule has 8 heteroatoms. The topological polar surface area (TPSA) is 100 Å². The van der Waals surface area contributed by atoms with E-state index >= 15 is 0 Å². The first-order chi connectivity index (χ1) is 17.4. The average Bonchev–Trinajstić information content (AvgIpc) is 3.31. The van der Waals surface area contributed by atoms with Crippen LogP contribution in [0.15, 0.2) is 58.0 Å². The largest absolute Gasteiger partial charge is 0.449 e. The number of benzene rings is 2. The van der Waals surface area contributed by atoms with Crippen molar-refractivity contribution in [3.05, 3.63) is 81.6 Å². The van der Waals surface area contributed by atoms with Gasteiger partial charge in [0.25, 0.3) is 0 Å². The van der Waals surface area contributed by atoms with Crippen LogP contribution in [0, 0.1) is 13.8 Å². The molecule has 0 aliphatic heterocycles. The van der Waals surface area contributed by atoms with Crippen molar-refractivity contribution in [1.82, 2.24) is 15.3 Å². The molecule has 1 amide bonds. The molecule has 2 aromatic heterocycles. The number of fused-ring (bicyclic) bond motifs is 1. The van der Waals surface area contributed by atoms with E-state index < -0.39 is 11.7 Å². The van der Waals surface area contributed by atoms with Crippen molar-refractivity contribution in [1.29, 1.82) is 0 Å². The lowest BCUT2D eigenvalue weighted by atomic mass is 10.0. The number of imidazole rings is 1. The van der Waals surface area contributed by atoms with Crippen molar-refractivity contribution in [2.24, 2.45) is 0 Å². The Morgan fingerprint density at radius 1 is 1.14 bits per heavy atom. The maximum absolute atomic E-state index is 12.7. The molecule has 0 atom stereocenters.